The van der Waals surface area contributed by atoms with E-state index in [4.69, 9.17) is 15.2 Å². The second kappa shape index (κ2) is 7.25. The molecule has 2 aromatic carbocycles. The average molecular weight is 328 g/mol. The SMILES string of the molecule is COc1ccc(NC(=O)COc2ccccc2C(C)(C)C)cc1N. The number of anilines is 2. The Hall–Kier alpha value is -2.69. The highest BCUT2D eigenvalue weighted by atomic mass is 16.5. The number of amides is 1. The zero-order chi connectivity index (χ0) is 17.7. The van der Waals surface area contributed by atoms with Crippen LogP contribution in [0.15, 0.2) is 42.5 Å². The van der Waals surface area contributed by atoms with Crippen LogP contribution in [0.25, 0.3) is 0 Å². The van der Waals surface area contributed by atoms with E-state index in [0.717, 1.165) is 11.3 Å². The van der Waals surface area contributed by atoms with Gasteiger partial charge in [-0.15, -0.1) is 0 Å². The lowest BCUT2D eigenvalue weighted by Crippen LogP contribution is -2.22. The Morgan fingerprint density at radius 2 is 1.83 bits per heavy atom. The van der Waals surface area contributed by atoms with Crippen molar-refractivity contribution in [1.29, 1.82) is 0 Å². The molecule has 0 aliphatic carbocycles. The standard InChI is InChI=1S/C19H24N2O3/c1-19(2,3)14-7-5-6-8-16(14)24-12-18(22)21-13-9-10-17(23-4)15(20)11-13/h5-11H,12,20H2,1-4H3,(H,21,22). The molecule has 0 fully saturated rings. The van der Waals surface area contributed by atoms with E-state index in [1.54, 1.807) is 25.3 Å². The zero-order valence-electron chi connectivity index (χ0n) is 14.6. The second-order valence-corrected chi connectivity index (χ2v) is 6.54. The predicted molar refractivity (Wildman–Crippen MR) is 96.7 cm³/mol. The van der Waals surface area contributed by atoms with E-state index in [9.17, 15) is 4.79 Å². The van der Waals surface area contributed by atoms with Crippen molar-refractivity contribution in [1.82, 2.24) is 0 Å². The monoisotopic (exact) mass is 328 g/mol. The molecule has 5 nitrogen and oxygen atoms in total. The number of para-hydroxylation sites is 1. The minimum Gasteiger partial charge on any atom is -0.495 e. The molecule has 0 heterocycles. The molecule has 1 amide bonds. The van der Waals surface area contributed by atoms with E-state index in [2.05, 4.69) is 26.1 Å². The predicted octanol–water partition coefficient (Wildman–Crippen LogP) is 3.59. The van der Waals surface area contributed by atoms with Gasteiger partial charge in [0.1, 0.15) is 11.5 Å². The highest BCUT2D eigenvalue weighted by molar-refractivity contribution is 5.92. The third-order valence-electron chi connectivity index (χ3n) is 3.57. The molecule has 0 atom stereocenters. The van der Waals surface area contributed by atoms with Crippen molar-refractivity contribution in [2.45, 2.75) is 26.2 Å². The van der Waals surface area contributed by atoms with Crippen LogP contribution >= 0.6 is 0 Å². The number of carbonyl (C=O) groups is 1. The summed E-state index contributed by atoms with van der Waals surface area (Å²) in [7, 11) is 1.55. The zero-order valence-corrected chi connectivity index (χ0v) is 14.6. The van der Waals surface area contributed by atoms with Crippen LogP contribution in [0.4, 0.5) is 11.4 Å². The number of nitrogen functional groups attached to an aromatic ring is 1. The van der Waals surface area contributed by atoms with E-state index < -0.39 is 0 Å². The number of carbonyl (C=O) groups excluding carboxylic acids is 1. The van der Waals surface area contributed by atoms with E-state index >= 15 is 0 Å². The summed E-state index contributed by atoms with van der Waals surface area (Å²) in [5.74, 6) is 1.04. The number of nitrogens with one attached hydrogen (secondary N) is 1. The highest BCUT2D eigenvalue weighted by Crippen LogP contribution is 2.31. The quantitative estimate of drug-likeness (QED) is 0.823. The molecule has 2 rings (SSSR count). The minimum absolute atomic E-state index is 0.0580. The van der Waals surface area contributed by atoms with Crippen LogP contribution in [0.2, 0.25) is 0 Å². The van der Waals surface area contributed by atoms with Crippen molar-refractivity contribution in [3.05, 3.63) is 48.0 Å². The number of ether oxygens (including phenoxy) is 2. The maximum absolute atomic E-state index is 12.1. The number of rotatable bonds is 5. The normalized spacial score (nSPS) is 11.0. The Kier molecular flexibility index (Phi) is 5.34. The molecule has 24 heavy (non-hydrogen) atoms. The number of benzene rings is 2. The van der Waals surface area contributed by atoms with Gasteiger partial charge in [-0.1, -0.05) is 39.0 Å². The first-order valence-electron chi connectivity index (χ1n) is 7.77. The molecule has 5 heteroatoms. The average Bonchev–Trinajstić information content (AvgIpc) is 2.52. The van der Waals surface area contributed by atoms with Crippen LogP contribution in [0.3, 0.4) is 0 Å². The third-order valence-corrected chi connectivity index (χ3v) is 3.57. The largest absolute Gasteiger partial charge is 0.495 e. The molecule has 3 N–H and O–H groups in total. The fourth-order valence-electron chi connectivity index (χ4n) is 2.36. The molecule has 0 bridgehead atoms. The Bertz CT molecular complexity index is 721. The lowest BCUT2D eigenvalue weighted by molar-refractivity contribution is -0.118. The highest BCUT2D eigenvalue weighted by Gasteiger charge is 2.18. The summed E-state index contributed by atoms with van der Waals surface area (Å²) in [5.41, 5.74) is 7.91. The van der Waals surface area contributed by atoms with Gasteiger partial charge in [0, 0.05) is 5.69 Å². The lowest BCUT2D eigenvalue weighted by atomic mass is 9.86. The van der Waals surface area contributed by atoms with Crippen molar-refractivity contribution in [3.63, 3.8) is 0 Å². The molecule has 0 aliphatic heterocycles. The molecule has 0 saturated carbocycles. The van der Waals surface area contributed by atoms with Gasteiger partial charge in [0.05, 0.1) is 12.8 Å². The molecule has 2 aromatic rings. The Morgan fingerprint density at radius 3 is 2.46 bits per heavy atom. The lowest BCUT2D eigenvalue weighted by Gasteiger charge is -2.22. The van der Waals surface area contributed by atoms with Gasteiger partial charge in [0.15, 0.2) is 6.61 Å². The van der Waals surface area contributed by atoms with Gasteiger partial charge in [-0.25, -0.2) is 0 Å². The summed E-state index contributed by atoms with van der Waals surface area (Å²) < 4.78 is 10.8. The van der Waals surface area contributed by atoms with Crippen molar-refractivity contribution in [3.8, 4) is 11.5 Å². The van der Waals surface area contributed by atoms with Gasteiger partial charge in [-0.05, 0) is 35.2 Å². The number of nitrogens with two attached hydrogens (primary N) is 1. The number of methoxy groups -OCH3 is 1. The third kappa shape index (κ3) is 4.41. The van der Waals surface area contributed by atoms with Crippen LogP contribution in [-0.4, -0.2) is 19.6 Å². The first-order chi connectivity index (χ1) is 11.3. The molecule has 128 valence electrons. The van der Waals surface area contributed by atoms with Gasteiger partial charge < -0.3 is 20.5 Å². The van der Waals surface area contributed by atoms with Crippen molar-refractivity contribution < 1.29 is 14.3 Å². The summed E-state index contributed by atoms with van der Waals surface area (Å²) in [6.45, 7) is 6.25. The fourth-order valence-corrected chi connectivity index (χ4v) is 2.36. The molecular formula is C19H24N2O3. The summed E-state index contributed by atoms with van der Waals surface area (Å²) in [5, 5.41) is 2.76. The Labute approximate surface area is 142 Å². The summed E-state index contributed by atoms with van der Waals surface area (Å²) >= 11 is 0. The first kappa shape index (κ1) is 17.7. The fraction of sp³-hybridized carbons (Fsp3) is 0.316. The van der Waals surface area contributed by atoms with E-state index in [1.165, 1.54) is 0 Å². The van der Waals surface area contributed by atoms with Crippen LogP contribution in [0, 0.1) is 0 Å². The van der Waals surface area contributed by atoms with Gasteiger partial charge >= 0.3 is 0 Å². The maximum atomic E-state index is 12.1. The van der Waals surface area contributed by atoms with Crippen LogP contribution in [0.1, 0.15) is 26.3 Å². The summed E-state index contributed by atoms with van der Waals surface area (Å²) in [6.07, 6.45) is 0. The number of hydrogen-bond acceptors (Lipinski definition) is 4. The second-order valence-electron chi connectivity index (χ2n) is 6.54. The molecule has 0 unspecified atom stereocenters. The number of hydrogen-bond donors (Lipinski definition) is 2. The van der Waals surface area contributed by atoms with Crippen molar-refractivity contribution in [2.75, 3.05) is 24.8 Å². The maximum Gasteiger partial charge on any atom is 0.262 e. The Balaban J connectivity index is 2.01. The molecule has 0 aliphatic rings. The minimum atomic E-state index is -0.247. The van der Waals surface area contributed by atoms with E-state index in [-0.39, 0.29) is 17.9 Å². The van der Waals surface area contributed by atoms with Crippen LogP contribution in [-0.2, 0) is 10.2 Å². The first-order valence-corrected chi connectivity index (χ1v) is 7.77. The summed E-state index contributed by atoms with van der Waals surface area (Å²) in [4.78, 5) is 12.1. The summed E-state index contributed by atoms with van der Waals surface area (Å²) in [6, 6.07) is 12.8. The van der Waals surface area contributed by atoms with Gasteiger partial charge in [-0.2, -0.15) is 0 Å². The van der Waals surface area contributed by atoms with Crippen molar-refractivity contribution in [2.24, 2.45) is 0 Å². The molecule has 0 spiro atoms. The molecule has 0 saturated heterocycles. The van der Waals surface area contributed by atoms with Crippen LogP contribution in [0.5, 0.6) is 11.5 Å². The van der Waals surface area contributed by atoms with Gasteiger partial charge in [0.25, 0.3) is 5.91 Å². The van der Waals surface area contributed by atoms with Gasteiger partial charge in [0.2, 0.25) is 0 Å². The van der Waals surface area contributed by atoms with E-state index in [1.807, 2.05) is 24.3 Å². The molecular weight excluding hydrogens is 304 g/mol. The van der Waals surface area contributed by atoms with Crippen LogP contribution < -0.4 is 20.5 Å². The molecule has 0 aromatic heterocycles. The molecule has 0 radical (unpaired) electrons. The van der Waals surface area contributed by atoms with E-state index in [0.29, 0.717) is 17.1 Å². The topological polar surface area (TPSA) is 73.6 Å². The smallest absolute Gasteiger partial charge is 0.262 e. The Morgan fingerprint density at radius 1 is 1.12 bits per heavy atom. The van der Waals surface area contributed by atoms with Crippen molar-refractivity contribution >= 4 is 17.3 Å². The van der Waals surface area contributed by atoms with Gasteiger partial charge in [-0.3, -0.25) is 4.79 Å².